The second-order valence-electron chi connectivity index (χ2n) is 5.56. The lowest BCUT2D eigenvalue weighted by atomic mass is 10.1. The molecule has 6 nitrogen and oxygen atoms in total. The molecule has 0 aromatic carbocycles. The molecule has 1 N–H and O–H groups in total. The molecule has 1 unspecified atom stereocenters. The maximum Gasteiger partial charge on any atom is 0.410 e. The number of aromatic nitrogens is 2. The van der Waals surface area contributed by atoms with Crippen LogP contribution in [0.15, 0.2) is 6.20 Å². The molecule has 1 aromatic rings. The van der Waals surface area contributed by atoms with Crippen molar-refractivity contribution >= 4 is 6.09 Å². The number of β-amino-alcohol motifs (C(OH)–C–C–N with tert-alkyl or cyclic N) is 1. The third-order valence-corrected chi connectivity index (χ3v) is 2.79. The maximum atomic E-state index is 11.9. The molecule has 0 saturated carbocycles. The minimum Gasteiger partial charge on any atom is -0.444 e. The first-order valence-electron chi connectivity index (χ1n) is 5.94. The van der Waals surface area contributed by atoms with Crippen molar-refractivity contribution in [2.75, 3.05) is 6.54 Å². The highest BCUT2D eigenvalue weighted by Gasteiger charge is 2.32. The van der Waals surface area contributed by atoms with E-state index in [1.54, 1.807) is 17.9 Å². The van der Waals surface area contributed by atoms with Gasteiger partial charge in [-0.15, -0.1) is 0 Å². The van der Waals surface area contributed by atoms with Gasteiger partial charge >= 0.3 is 6.09 Å². The van der Waals surface area contributed by atoms with Gasteiger partial charge in [-0.3, -0.25) is 4.68 Å². The van der Waals surface area contributed by atoms with E-state index in [-0.39, 0.29) is 6.54 Å². The van der Waals surface area contributed by atoms with E-state index in [2.05, 4.69) is 5.10 Å². The molecule has 0 aliphatic carbocycles. The molecule has 2 rings (SSSR count). The number of fused-ring (bicyclic) bond motifs is 1. The zero-order chi connectivity index (χ0) is 13.5. The number of ether oxygens (including phenoxy) is 1. The lowest BCUT2D eigenvalue weighted by Gasteiger charge is -2.32. The number of hydrogen-bond acceptors (Lipinski definition) is 4. The number of amides is 1. The second-order valence-corrected chi connectivity index (χ2v) is 5.56. The fourth-order valence-electron chi connectivity index (χ4n) is 2.07. The van der Waals surface area contributed by atoms with Crippen molar-refractivity contribution in [3.8, 4) is 0 Å². The van der Waals surface area contributed by atoms with E-state index in [1.165, 1.54) is 4.90 Å². The van der Waals surface area contributed by atoms with Crippen LogP contribution in [-0.4, -0.2) is 38.0 Å². The van der Waals surface area contributed by atoms with Crippen molar-refractivity contribution in [3.05, 3.63) is 17.5 Å². The van der Waals surface area contributed by atoms with Crippen molar-refractivity contribution in [2.24, 2.45) is 7.05 Å². The molecule has 18 heavy (non-hydrogen) atoms. The molecule has 0 saturated heterocycles. The third-order valence-electron chi connectivity index (χ3n) is 2.79. The van der Waals surface area contributed by atoms with Crippen LogP contribution >= 0.6 is 0 Å². The van der Waals surface area contributed by atoms with E-state index in [1.807, 2.05) is 20.8 Å². The first kappa shape index (κ1) is 12.9. The predicted octanol–water partition coefficient (Wildman–Crippen LogP) is 1.20. The normalized spacial score (nSPS) is 19.6. The van der Waals surface area contributed by atoms with E-state index in [0.717, 1.165) is 11.3 Å². The van der Waals surface area contributed by atoms with Crippen molar-refractivity contribution in [3.63, 3.8) is 0 Å². The average Bonchev–Trinajstić information content (AvgIpc) is 2.58. The van der Waals surface area contributed by atoms with Gasteiger partial charge in [0.25, 0.3) is 0 Å². The molecule has 0 radical (unpaired) electrons. The molecule has 1 aliphatic rings. The summed E-state index contributed by atoms with van der Waals surface area (Å²) < 4.78 is 6.94. The largest absolute Gasteiger partial charge is 0.444 e. The number of aliphatic hydroxyl groups is 1. The van der Waals surface area contributed by atoms with E-state index in [9.17, 15) is 9.90 Å². The van der Waals surface area contributed by atoms with Gasteiger partial charge < -0.3 is 14.7 Å². The molecular formula is C12H19N3O3. The fourth-order valence-corrected chi connectivity index (χ4v) is 2.07. The van der Waals surface area contributed by atoms with Crippen LogP contribution in [0.25, 0.3) is 0 Å². The number of carbonyl (C=O) groups is 1. The Labute approximate surface area is 106 Å². The van der Waals surface area contributed by atoms with Crippen molar-refractivity contribution in [1.82, 2.24) is 14.7 Å². The van der Waals surface area contributed by atoms with E-state index in [4.69, 9.17) is 4.74 Å². The molecule has 0 fully saturated rings. The summed E-state index contributed by atoms with van der Waals surface area (Å²) in [4.78, 5) is 13.4. The SMILES string of the molecule is Cn1ncc2c1C(O)CN(C(=O)OC(C)(C)C)C2. The quantitative estimate of drug-likeness (QED) is 0.754. The van der Waals surface area contributed by atoms with Gasteiger partial charge in [0.05, 0.1) is 25.0 Å². The van der Waals surface area contributed by atoms with Gasteiger partial charge in [-0.2, -0.15) is 5.10 Å². The molecule has 1 amide bonds. The molecule has 0 bridgehead atoms. The van der Waals surface area contributed by atoms with Crippen LogP contribution in [-0.2, 0) is 18.3 Å². The van der Waals surface area contributed by atoms with Crippen LogP contribution in [0, 0.1) is 0 Å². The highest BCUT2D eigenvalue weighted by atomic mass is 16.6. The highest BCUT2D eigenvalue weighted by molar-refractivity contribution is 5.68. The zero-order valence-electron chi connectivity index (χ0n) is 11.2. The number of rotatable bonds is 0. The van der Waals surface area contributed by atoms with Gasteiger partial charge in [0.1, 0.15) is 11.7 Å². The Kier molecular flexibility index (Phi) is 3.06. The minimum atomic E-state index is -0.714. The topological polar surface area (TPSA) is 67.6 Å². The minimum absolute atomic E-state index is 0.238. The summed E-state index contributed by atoms with van der Waals surface area (Å²) in [5, 5.41) is 14.1. The summed E-state index contributed by atoms with van der Waals surface area (Å²) in [6.07, 6.45) is 0.555. The molecule has 6 heteroatoms. The summed E-state index contributed by atoms with van der Waals surface area (Å²) >= 11 is 0. The Morgan fingerprint density at radius 2 is 2.22 bits per heavy atom. The van der Waals surface area contributed by atoms with Crippen LogP contribution in [0.4, 0.5) is 4.79 Å². The first-order chi connectivity index (χ1) is 8.28. The van der Waals surface area contributed by atoms with Crippen molar-refractivity contribution in [1.29, 1.82) is 0 Å². The fraction of sp³-hybridized carbons (Fsp3) is 0.667. The van der Waals surface area contributed by atoms with Crippen LogP contribution < -0.4 is 0 Å². The molecule has 2 heterocycles. The monoisotopic (exact) mass is 253 g/mol. The Morgan fingerprint density at radius 3 is 2.83 bits per heavy atom. The van der Waals surface area contributed by atoms with Gasteiger partial charge in [-0.1, -0.05) is 0 Å². The highest BCUT2D eigenvalue weighted by Crippen LogP contribution is 2.26. The predicted molar refractivity (Wildman–Crippen MR) is 64.8 cm³/mol. The van der Waals surface area contributed by atoms with Gasteiger partial charge in [-0.25, -0.2) is 4.79 Å². The lowest BCUT2D eigenvalue weighted by Crippen LogP contribution is -2.41. The molecule has 1 aromatic heterocycles. The Morgan fingerprint density at radius 1 is 1.56 bits per heavy atom. The average molecular weight is 253 g/mol. The smallest absolute Gasteiger partial charge is 0.410 e. The van der Waals surface area contributed by atoms with Crippen molar-refractivity contribution in [2.45, 2.75) is 39.0 Å². The summed E-state index contributed by atoms with van der Waals surface area (Å²) in [5.74, 6) is 0. The number of nitrogens with zero attached hydrogens (tertiary/aromatic N) is 3. The van der Waals surface area contributed by atoms with Gasteiger partial charge in [-0.05, 0) is 20.8 Å². The van der Waals surface area contributed by atoms with Crippen LogP contribution in [0.1, 0.15) is 38.1 Å². The van der Waals surface area contributed by atoms with Crippen LogP contribution in [0.5, 0.6) is 0 Å². The van der Waals surface area contributed by atoms with Crippen molar-refractivity contribution < 1.29 is 14.6 Å². The van der Waals surface area contributed by atoms with Gasteiger partial charge in [0, 0.05) is 12.6 Å². The molecule has 1 aliphatic heterocycles. The summed E-state index contributed by atoms with van der Waals surface area (Å²) in [6.45, 7) is 6.12. The number of aryl methyl sites for hydroxylation is 1. The number of aliphatic hydroxyl groups excluding tert-OH is 1. The van der Waals surface area contributed by atoms with E-state index >= 15 is 0 Å². The van der Waals surface area contributed by atoms with E-state index in [0.29, 0.717) is 6.54 Å². The number of carbonyl (C=O) groups excluding carboxylic acids is 1. The third kappa shape index (κ3) is 2.48. The van der Waals surface area contributed by atoms with Gasteiger partial charge in [0.2, 0.25) is 0 Å². The van der Waals surface area contributed by atoms with Crippen LogP contribution in [0.3, 0.4) is 0 Å². The molecular weight excluding hydrogens is 234 g/mol. The summed E-state index contributed by atoms with van der Waals surface area (Å²) in [6, 6.07) is 0. The van der Waals surface area contributed by atoms with E-state index < -0.39 is 17.8 Å². The lowest BCUT2D eigenvalue weighted by molar-refractivity contribution is 0.00724. The molecule has 0 spiro atoms. The molecule has 100 valence electrons. The Balaban J connectivity index is 2.14. The number of hydrogen-bond donors (Lipinski definition) is 1. The second kappa shape index (κ2) is 4.28. The summed E-state index contributed by atoms with van der Waals surface area (Å²) in [5.41, 5.74) is 1.11. The first-order valence-corrected chi connectivity index (χ1v) is 5.94. The maximum absolute atomic E-state index is 11.9. The zero-order valence-corrected chi connectivity index (χ0v) is 11.2. The summed E-state index contributed by atoms with van der Waals surface area (Å²) in [7, 11) is 1.78. The molecule has 1 atom stereocenters. The Hall–Kier alpha value is -1.56. The Bertz CT molecular complexity index is 462. The van der Waals surface area contributed by atoms with Gasteiger partial charge in [0.15, 0.2) is 0 Å². The standard InChI is InChI=1S/C12H19N3O3/c1-12(2,3)18-11(17)15-6-8-5-13-14(4)10(8)9(16)7-15/h5,9,16H,6-7H2,1-4H3. The van der Waals surface area contributed by atoms with Crippen LogP contribution in [0.2, 0.25) is 0 Å².